The Kier molecular flexibility index (Phi) is 4.21. The predicted molar refractivity (Wildman–Crippen MR) is 91.5 cm³/mol. The van der Waals surface area contributed by atoms with Crippen LogP contribution in [0.1, 0.15) is 35.1 Å². The molecule has 0 unspecified atom stereocenters. The Morgan fingerprint density at radius 2 is 1.68 bits per heavy atom. The number of benzene rings is 2. The minimum absolute atomic E-state index is 0.373. The third-order valence-electron chi connectivity index (χ3n) is 4.76. The second-order valence-corrected chi connectivity index (χ2v) is 6.51. The fourth-order valence-electron chi connectivity index (χ4n) is 3.42. The predicted octanol–water partition coefficient (Wildman–Crippen LogP) is 4.13. The lowest BCUT2D eigenvalue weighted by molar-refractivity contribution is 0.408. The molecule has 0 heterocycles. The van der Waals surface area contributed by atoms with Gasteiger partial charge in [0, 0.05) is 18.5 Å². The molecule has 22 heavy (non-hydrogen) atoms. The number of nitrogens with one attached hydrogen (secondary N) is 1. The molecule has 1 N–H and O–H groups in total. The van der Waals surface area contributed by atoms with Crippen molar-refractivity contribution in [2.24, 2.45) is 0 Å². The van der Waals surface area contributed by atoms with Crippen LogP contribution in [-0.4, -0.2) is 13.7 Å². The highest BCUT2D eigenvalue weighted by atomic mass is 16.5. The third kappa shape index (κ3) is 3.02. The van der Waals surface area contributed by atoms with Crippen molar-refractivity contribution in [1.82, 2.24) is 5.32 Å². The first-order valence-electron chi connectivity index (χ1n) is 8.05. The molecule has 3 rings (SSSR count). The van der Waals surface area contributed by atoms with E-state index in [0.717, 1.165) is 18.8 Å². The zero-order valence-electron chi connectivity index (χ0n) is 13.8. The maximum atomic E-state index is 5.44. The molecule has 116 valence electrons. The van der Waals surface area contributed by atoms with E-state index in [1.54, 1.807) is 7.11 Å². The monoisotopic (exact) mass is 295 g/mol. The molecular weight excluding hydrogens is 270 g/mol. The quantitative estimate of drug-likeness (QED) is 0.865. The molecule has 2 nitrogen and oxygen atoms in total. The van der Waals surface area contributed by atoms with Crippen LogP contribution in [0.3, 0.4) is 0 Å². The van der Waals surface area contributed by atoms with E-state index in [1.807, 2.05) is 0 Å². The SMILES string of the molecule is COc1c(C)cc(CNCC2(c3ccccc3)CC2)cc1C. The molecule has 0 aliphatic heterocycles. The van der Waals surface area contributed by atoms with E-state index < -0.39 is 0 Å². The highest BCUT2D eigenvalue weighted by Crippen LogP contribution is 2.47. The Bertz CT molecular complexity index is 621. The molecule has 2 aromatic rings. The standard InChI is InChI=1S/C20H25NO/c1-15-11-17(12-16(2)19(15)22-3)13-21-14-20(9-10-20)18-7-5-4-6-8-18/h4-8,11-12,21H,9-10,13-14H2,1-3H3. The lowest BCUT2D eigenvalue weighted by Crippen LogP contribution is -2.26. The Morgan fingerprint density at radius 3 is 2.23 bits per heavy atom. The van der Waals surface area contributed by atoms with Gasteiger partial charge in [0.25, 0.3) is 0 Å². The summed E-state index contributed by atoms with van der Waals surface area (Å²) < 4.78 is 5.44. The van der Waals surface area contributed by atoms with Crippen LogP contribution >= 0.6 is 0 Å². The van der Waals surface area contributed by atoms with Gasteiger partial charge in [-0.2, -0.15) is 0 Å². The van der Waals surface area contributed by atoms with Gasteiger partial charge in [-0.05, 0) is 48.9 Å². The first kappa shape index (κ1) is 15.1. The number of ether oxygens (including phenoxy) is 1. The van der Waals surface area contributed by atoms with Crippen molar-refractivity contribution in [2.75, 3.05) is 13.7 Å². The topological polar surface area (TPSA) is 21.3 Å². The molecule has 0 amide bonds. The fraction of sp³-hybridized carbons (Fsp3) is 0.400. The van der Waals surface area contributed by atoms with Gasteiger partial charge in [0.2, 0.25) is 0 Å². The van der Waals surface area contributed by atoms with Crippen molar-refractivity contribution in [3.8, 4) is 5.75 Å². The number of rotatable bonds is 6. The number of hydrogen-bond donors (Lipinski definition) is 1. The second-order valence-electron chi connectivity index (χ2n) is 6.51. The maximum absolute atomic E-state index is 5.44. The third-order valence-corrected chi connectivity index (χ3v) is 4.76. The van der Waals surface area contributed by atoms with E-state index in [1.165, 1.54) is 35.1 Å². The van der Waals surface area contributed by atoms with Crippen LogP contribution in [0, 0.1) is 13.8 Å². The van der Waals surface area contributed by atoms with Gasteiger partial charge in [-0.25, -0.2) is 0 Å². The van der Waals surface area contributed by atoms with Crippen molar-refractivity contribution in [3.05, 3.63) is 64.7 Å². The Labute approximate surface area is 133 Å². The Morgan fingerprint density at radius 1 is 1.05 bits per heavy atom. The first-order chi connectivity index (χ1) is 10.6. The van der Waals surface area contributed by atoms with Crippen LogP contribution < -0.4 is 10.1 Å². The summed E-state index contributed by atoms with van der Waals surface area (Å²) in [7, 11) is 1.74. The molecule has 1 aliphatic rings. The highest BCUT2D eigenvalue weighted by molar-refractivity contribution is 5.43. The van der Waals surface area contributed by atoms with E-state index in [9.17, 15) is 0 Å². The molecule has 2 aromatic carbocycles. The number of hydrogen-bond acceptors (Lipinski definition) is 2. The lowest BCUT2D eigenvalue weighted by Gasteiger charge is -2.17. The van der Waals surface area contributed by atoms with E-state index in [2.05, 4.69) is 61.6 Å². The molecule has 2 heteroatoms. The van der Waals surface area contributed by atoms with Crippen LogP contribution in [0.25, 0.3) is 0 Å². The van der Waals surface area contributed by atoms with Crippen molar-refractivity contribution >= 4 is 0 Å². The Hall–Kier alpha value is -1.80. The van der Waals surface area contributed by atoms with E-state index in [0.29, 0.717) is 5.41 Å². The van der Waals surface area contributed by atoms with Crippen molar-refractivity contribution < 1.29 is 4.74 Å². The first-order valence-corrected chi connectivity index (χ1v) is 8.05. The molecule has 0 bridgehead atoms. The van der Waals surface area contributed by atoms with Crippen molar-refractivity contribution in [3.63, 3.8) is 0 Å². The highest BCUT2D eigenvalue weighted by Gasteiger charge is 2.43. The molecule has 0 atom stereocenters. The van der Waals surface area contributed by atoms with Gasteiger partial charge in [-0.3, -0.25) is 0 Å². The normalized spacial score (nSPS) is 15.6. The van der Waals surface area contributed by atoms with Crippen LogP contribution in [0.4, 0.5) is 0 Å². The van der Waals surface area contributed by atoms with Crippen LogP contribution in [0.15, 0.2) is 42.5 Å². The van der Waals surface area contributed by atoms with Crippen LogP contribution in [0.2, 0.25) is 0 Å². The van der Waals surface area contributed by atoms with Gasteiger partial charge in [0.1, 0.15) is 5.75 Å². The van der Waals surface area contributed by atoms with Crippen LogP contribution in [0.5, 0.6) is 5.75 Å². The molecule has 0 spiro atoms. The molecule has 1 aliphatic carbocycles. The van der Waals surface area contributed by atoms with Crippen molar-refractivity contribution in [2.45, 2.75) is 38.6 Å². The summed E-state index contributed by atoms with van der Waals surface area (Å²) in [6, 6.07) is 15.3. The molecule has 0 saturated heterocycles. The molecule has 0 aromatic heterocycles. The Balaban J connectivity index is 1.62. The second kappa shape index (κ2) is 6.13. The number of aryl methyl sites for hydroxylation is 2. The summed E-state index contributed by atoms with van der Waals surface area (Å²) in [5, 5.41) is 3.65. The fourth-order valence-corrected chi connectivity index (χ4v) is 3.42. The average molecular weight is 295 g/mol. The van der Waals surface area contributed by atoms with E-state index in [-0.39, 0.29) is 0 Å². The zero-order chi connectivity index (χ0) is 15.6. The molecule has 0 radical (unpaired) electrons. The van der Waals surface area contributed by atoms with Gasteiger partial charge in [0.15, 0.2) is 0 Å². The summed E-state index contributed by atoms with van der Waals surface area (Å²) in [5.41, 5.74) is 5.61. The van der Waals surface area contributed by atoms with Crippen LogP contribution in [-0.2, 0) is 12.0 Å². The van der Waals surface area contributed by atoms with Gasteiger partial charge >= 0.3 is 0 Å². The largest absolute Gasteiger partial charge is 0.496 e. The minimum atomic E-state index is 0.373. The number of methoxy groups -OCH3 is 1. The van der Waals surface area contributed by atoms with E-state index in [4.69, 9.17) is 4.74 Å². The van der Waals surface area contributed by atoms with Gasteiger partial charge in [-0.1, -0.05) is 42.5 Å². The summed E-state index contributed by atoms with van der Waals surface area (Å²) in [6.07, 6.45) is 2.59. The van der Waals surface area contributed by atoms with Crippen molar-refractivity contribution in [1.29, 1.82) is 0 Å². The van der Waals surface area contributed by atoms with Gasteiger partial charge < -0.3 is 10.1 Å². The molecule has 1 saturated carbocycles. The average Bonchev–Trinajstić information content (AvgIpc) is 3.29. The lowest BCUT2D eigenvalue weighted by atomic mass is 9.96. The summed E-state index contributed by atoms with van der Waals surface area (Å²) >= 11 is 0. The maximum Gasteiger partial charge on any atom is 0.124 e. The van der Waals surface area contributed by atoms with Gasteiger partial charge in [-0.15, -0.1) is 0 Å². The molecular formula is C20H25NO. The van der Waals surface area contributed by atoms with Gasteiger partial charge in [0.05, 0.1) is 7.11 Å². The molecule has 1 fully saturated rings. The smallest absolute Gasteiger partial charge is 0.124 e. The summed E-state index contributed by atoms with van der Waals surface area (Å²) in [5.74, 6) is 1.01. The summed E-state index contributed by atoms with van der Waals surface area (Å²) in [4.78, 5) is 0. The zero-order valence-corrected chi connectivity index (χ0v) is 13.8. The summed E-state index contributed by atoms with van der Waals surface area (Å²) in [6.45, 7) is 6.20. The van der Waals surface area contributed by atoms with E-state index >= 15 is 0 Å². The minimum Gasteiger partial charge on any atom is -0.496 e.